The number of aromatic nitrogens is 2. The van der Waals surface area contributed by atoms with Crippen LogP contribution in [0.4, 0.5) is 4.79 Å². The Morgan fingerprint density at radius 1 is 1.00 bits per heavy atom. The Morgan fingerprint density at radius 2 is 1.63 bits per heavy atom. The molecular weight excluding hydrogens is 807 g/mol. The summed E-state index contributed by atoms with van der Waals surface area (Å²) in [5, 5.41) is 17.6. The lowest BCUT2D eigenvalue weighted by molar-refractivity contribution is -0.203. The summed E-state index contributed by atoms with van der Waals surface area (Å²) in [6.07, 6.45) is -1.56. The molecule has 1 aromatic heterocycles. The van der Waals surface area contributed by atoms with Gasteiger partial charge < -0.3 is 28.5 Å². The molecule has 3 saturated heterocycles. The fraction of sp³-hybridized carbons (Fsp3) is 0.825. The van der Waals surface area contributed by atoms with Crippen molar-refractivity contribution in [1.29, 1.82) is 5.26 Å². The molecule has 2 amide bonds. The van der Waals surface area contributed by atoms with Crippen molar-refractivity contribution in [2.45, 2.75) is 179 Å². The lowest BCUT2D eigenvalue weighted by Gasteiger charge is -2.44. The van der Waals surface area contributed by atoms with Crippen molar-refractivity contribution in [3.63, 3.8) is 0 Å². The SMILES string of the molecule is CC(C)(C)OC(=O)NCCCN1O[C@@H]([C@H]2O[C@@H](n3ccc(=O)[nH]c3=O)[C@H](O[Si](C)(C)C(C)(C)C)[C@@H]2O[Si](C)(C)C(C)(C)C)[C@@H]2C(=O)N(CCC#N)[C@H](CN=[N+]=[N-])CCC[C@@H]21. The molecule has 18 nitrogen and oxygen atoms in total. The number of rotatable bonds is 14. The summed E-state index contributed by atoms with van der Waals surface area (Å²) in [7, 11) is -5.32. The molecule has 0 radical (unpaired) electrons. The van der Waals surface area contributed by atoms with E-state index < -0.39 is 88.2 Å². The number of likely N-dealkylation sites (tertiary alicyclic amines) is 1. The van der Waals surface area contributed by atoms with Gasteiger partial charge in [-0.05, 0) is 88.3 Å². The number of H-pyrrole nitrogens is 1. The Bertz CT molecular complexity index is 1870. The third kappa shape index (κ3) is 11.7. The minimum Gasteiger partial charge on any atom is -0.444 e. The zero-order chi connectivity index (χ0) is 45.0. The number of hydrogen-bond acceptors (Lipinski definition) is 12. The number of ether oxygens (including phenoxy) is 2. The molecule has 3 aliphatic rings. The molecule has 4 rings (SSSR count). The van der Waals surface area contributed by atoms with E-state index in [4.69, 9.17) is 23.2 Å². The molecule has 336 valence electrons. The summed E-state index contributed by atoms with van der Waals surface area (Å²) in [5.74, 6) is -1.11. The number of hydroxylamine groups is 2. The number of azide groups is 1. The molecule has 0 unspecified atom stereocenters. The molecule has 8 atom stereocenters. The van der Waals surface area contributed by atoms with Gasteiger partial charge in [-0.25, -0.2) is 9.59 Å². The third-order valence-electron chi connectivity index (χ3n) is 12.6. The number of hydrogen-bond donors (Lipinski definition) is 2. The van der Waals surface area contributed by atoms with Gasteiger partial charge in [0.2, 0.25) is 5.91 Å². The normalized spacial score (nSPS) is 27.1. The van der Waals surface area contributed by atoms with Gasteiger partial charge in [0.15, 0.2) is 22.9 Å². The average molecular weight is 876 g/mol. The Balaban J connectivity index is 1.89. The van der Waals surface area contributed by atoms with E-state index in [1.165, 1.54) is 16.8 Å². The zero-order valence-electron chi connectivity index (χ0n) is 37.9. The largest absolute Gasteiger partial charge is 0.444 e. The highest BCUT2D eigenvalue weighted by Crippen LogP contribution is 2.49. The van der Waals surface area contributed by atoms with Gasteiger partial charge in [0.05, 0.1) is 18.4 Å². The molecule has 0 saturated carbocycles. The maximum absolute atomic E-state index is 15.3. The second kappa shape index (κ2) is 19.2. The molecule has 3 aliphatic heterocycles. The predicted octanol–water partition coefficient (Wildman–Crippen LogP) is 6.34. The van der Waals surface area contributed by atoms with E-state index in [0.29, 0.717) is 32.2 Å². The van der Waals surface area contributed by atoms with E-state index in [9.17, 15) is 25.2 Å². The maximum Gasteiger partial charge on any atom is 0.407 e. The molecule has 1 aromatic rings. The first-order valence-corrected chi connectivity index (χ1v) is 27.0. The van der Waals surface area contributed by atoms with Gasteiger partial charge in [-0.1, -0.05) is 46.7 Å². The van der Waals surface area contributed by atoms with Crippen LogP contribution >= 0.6 is 0 Å². The minimum atomic E-state index is -2.67. The van der Waals surface area contributed by atoms with Gasteiger partial charge >= 0.3 is 11.8 Å². The van der Waals surface area contributed by atoms with Gasteiger partial charge in [0, 0.05) is 55.4 Å². The van der Waals surface area contributed by atoms with Crippen LogP contribution in [0.2, 0.25) is 36.3 Å². The van der Waals surface area contributed by atoms with E-state index >= 15 is 4.79 Å². The van der Waals surface area contributed by atoms with Crippen LogP contribution in [-0.2, 0) is 28.0 Å². The summed E-state index contributed by atoms with van der Waals surface area (Å²) >= 11 is 0. The van der Waals surface area contributed by atoms with E-state index in [2.05, 4.69) is 94.1 Å². The van der Waals surface area contributed by atoms with Crippen LogP contribution in [0.3, 0.4) is 0 Å². The van der Waals surface area contributed by atoms with Gasteiger partial charge in [0.25, 0.3) is 5.56 Å². The van der Waals surface area contributed by atoms with Gasteiger partial charge in [-0.3, -0.25) is 24.0 Å². The minimum absolute atomic E-state index is 0.0489. The highest BCUT2D eigenvalue weighted by Gasteiger charge is 2.62. The van der Waals surface area contributed by atoms with Crippen molar-refractivity contribution in [1.82, 2.24) is 24.8 Å². The number of carbonyl (C=O) groups is 2. The highest BCUT2D eigenvalue weighted by atomic mass is 28.4. The van der Waals surface area contributed by atoms with Crippen LogP contribution in [0.5, 0.6) is 0 Å². The quantitative estimate of drug-likeness (QED) is 0.0690. The third-order valence-corrected chi connectivity index (χ3v) is 21.6. The van der Waals surface area contributed by atoms with Crippen molar-refractivity contribution in [2.24, 2.45) is 11.0 Å². The number of nitrogens with one attached hydrogen (secondary N) is 2. The van der Waals surface area contributed by atoms with Crippen molar-refractivity contribution in [3.8, 4) is 6.07 Å². The number of amides is 2. The van der Waals surface area contributed by atoms with Crippen LogP contribution in [0.15, 0.2) is 27.0 Å². The fourth-order valence-corrected chi connectivity index (χ4v) is 10.1. The molecule has 0 spiro atoms. The van der Waals surface area contributed by atoms with Crippen LogP contribution < -0.4 is 16.6 Å². The Labute approximate surface area is 356 Å². The van der Waals surface area contributed by atoms with E-state index in [1.54, 1.807) is 25.7 Å². The summed E-state index contributed by atoms with van der Waals surface area (Å²) in [4.78, 5) is 67.7. The van der Waals surface area contributed by atoms with Crippen LogP contribution in [0, 0.1) is 17.2 Å². The van der Waals surface area contributed by atoms with Crippen molar-refractivity contribution < 1.29 is 32.8 Å². The van der Waals surface area contributed by atoms with Crippen molar-refractivity contribution in [3.05, 3.63) is 43.5 Å². The van der Waals surface area contributed by atoms with Crippen molar-refractivity contribution in [2.75, 3.05) is 26.2 Å². The number of nitriles is 1. The van der Waals surface area contributed by atoms with Crippen LogP contribution in [0.1, 0.15) is 101 Å². The number of carbonyl (C=O) groups excluding carboxylic acids is 2. The molecular formula is C40H69N9O9Si2. The van der Waals surface area contributed by atoms with E-state index in [-0.39, 0.29) is 42.0 Å². The number of fused-ring (bicyclic) bond motifs is 1. The Hall–Kier alpha value is -3.55. The second-order valence-electron chi connectivity index (χ2n) is 20.2. The lowest BCUT2D eigenvalue weighted by atomic mass is 9.83. The first kappa shape index (κ1) is 49.1. The molecule has 20 heteroatoms. The van der Waals surface area contributed by atoms with E-state index in [0.717, 1.165) is 0 Å². The first-order chi connectivity index (χ1) is 27.7. The molecule has 3 fully saturated rings. The number of alkyl carbamates (subject to hydrolysis) is 1. The summed E-state index contributed by atoms with van der Waals surface area (Å²) in [6, 6.07) is 2.54. The predicted molar refractivity (Wildman–Crippen MR) is 231 cm³/mol. The highest BCUT2D eigenvalue weighted by molar-refractivity contribution is 6.74. The van der Waals surface area contributed by atoms with Crippen LogP contribution in [-0.4, -0.2) is 116 Å². The van der Waals surface area contributed by atoms with Crippen molar-refractivity contribution >= 4 is 28.6 Å². The molecule has 0 aromatic carbocycles. The smallest absolute Gasteiger partial charge is 0.407 e. The van der Waals surface area contributed by atoms with Crippen LogP contribution in [0.25, 0.3) is 10.4 Å². The maximum atomic E-state index is 15.3. The lowest BCUT2D eigenvalue weighted by Crippen LogP contribution is -2.57. The molecule has 0 bridgehead atoms. The summed E-state index contributed by atoms with van der Waals surface area (Å²) in [5.41, 5.74) is 7.36. The second-order valence-corrected chi connectivity index (χ2v) is 29.7. The van der Waals surface area contributed by atoms with Gasteiger partial charge in [-0.2, -0.15) is 10.3 Å². The molecule has 4 heterocycles. The summed E-state index contributed by atoms with van der Waals surface area (Å²) in [6.45, 7) is 27.4. The summed E-state index contributed by atoms with van der Waals surface area (Å²) < 4.78 is 28.4. The average Bonchev–Trinajstić information content (AvgIpc) is 3.62. The first-order valence-electron chi connectivity index (χ1n) is 21.1. The number of aromatic amines is 1. The Kier molecular flexibility index (Phi) is 15.7. The van der Waals surface area contributed by atoms with Gasteiger partial charge in [0.1, 0.15) is 30.0 Å². The number of nitrogens with zero attached hydrogens (tertiary/aromatic N) is 7. The van der Waals surface area contributed by atoms with Gasteiger partial charge in [-0.15, -0.1) is 0 Å². The molecule has 0 aliphatic carbocycles. The van der Waals surface area contributed by atoms with E-state index in [1.807, 2.05) is 5.06 Å². The molecule has 2 N–H and O–H groups in total. The monoisotopic (exact) mass is 875 g/mol. The Morgan fingerprint density at radius 3 is 2.20 bits per heavy atom. The molecule has 60 heavy (non-hydrogen) atoms. The zero-order valence-corrected chi connectivity index (χ0v) is 39.9. The standard InChI is InChI=1S/C40H69N9O9Si2/c1-38(2,3)55-37(53)43-21-16-23-49-27-18-14-17-26(25-44-46-42)47(22-15-20-41)34(51)29(27)30(56-49)31-32(57-59(10,11)39(4,5)6)33(58-60(12,13)40(7,8)9)35(54-31)48-24-19-28(50)45-36(48)52/h19,24,26-27,29-33,35H,14-18,21-23,25H2,1-13H3,(H,43,53)(H,45,50,52)/t26-,27-,29+,30+,31+,32+,33+,35+/m0/s1. The fourth-order valence-electron chi connectivity index (χ4n) is 7.50. The topological polar surface area (TPSA) is 226 Å².